The molecule has 0 bridgehead atoms. The van der Waals surface area contributed by atoms with E-state index in [1.165, 1.54) is 6.07 Å². The molecule has 1 heterocycles. The van der Waals surface area contributed by atoms with Gasteiger partial charge in [0.25, 0.3) is 0 Å². The first-order valence-corrected chi connectivity index (χ1v) is 6.11. The maximum absolute atomic E-state index is 13.5. The van der Waals surface area contributed by atoms with Crippen LogP contribution in [-0.4, -0.2) is 28.3 Å². The largest absolute Gasteiger partial charge is 0.479 e. The van der Waals surface area contributed by atoms with Crippen molar-refractivity contribution in [2.75, 3.05) is 0 Å². The van der Waals surface area contributed by atoms with Crippen LogP contribution in [-0.2, 0) is 16.0 Å². The molecule has 0 aliphatic carbocycles. The quantitative estimate of drug-likeness (QED) is 0.873. The van der Waals surface area contributed by atoms with E-state index in [9.17, 15) is 9.18 Å². The monoisotopic (exact) mass is 265 g/mol. The third kappa shape index (κ3) is 2.93. The highest BCUT2D eigenvalue weighted by Gasteiger charge is 2.22. The van der Waals surface area contributed by atoms with Crippen LogP contribution < -0.4 is 0 Å². The van der Waals surface area contributed by atoms with Crippen molar-refractivity contribution in [3.63, 3.8) is 0 Å². The second kappa shape index (κ2) is 5.40. The first kappa shape index (κ1) is 13.5. The van der Waals surface area contributed by atoms with Gasteiger partial charge in [0.15, 0.2) is 6.10 Å². The fraction of sp³-hybridized carbons (Fsp3) is 0.357. The lowest BCUT2D eigenvalue weighted by molar-refractivity contribution is -0.153. The van der Waals surface area contributed by atoms with Crippen molar-refractivity contribution >= 4 is 16.9 Å². The van der Waals surface area contributed by atoms with Crippen molar-refractivity contribution in [2.24, 2.45) is 0 Å². The Morgan fingerprint density at radius 2 is 2.21 bits per heavy atom. The SMILES string of the molecule is CC(C)O[C@@H](Cc1c[nH]c2c(F)cccc12)C(=O)O. The zero-order valence-electron chi connectivity index (χ0n) is 10.8. The molecule has 0 saturated carbocycles. The zero-order valence-corrected chi connectivity index (χ0v) is 10.8. The molecule has 2 rings (SSSR count). The number of hydrogen-bond donors (Lipinski definition) is 2. The minimum Gasteiger partial charge on any atom is -0.479 e. The van der Waals surface area contributed by atoms with Crippen LogP contribution in [0.4, 0.5) is 4.39 Å². The van der Waals surface area contributed by atoms with Gasteiger partial charge in [-0.25, -0.2) is 9.18 Å². The number of aliphatic carboxylic acids is 1. The summed E-state index contributed by atoms with van der Waals surface area (Å²) in [5, 5.41) is 9.83. The molecule has 19 heavy (non-hydrogen) atoms. The number of nitrogens with one attached hydrogen (secondary N) is 1. The van der Waals surface area contributed by atoms with Gasteiger partial charge in [0.1, 0.15) is 5.82 Å². The number of benzene rings is 1. The van der Waals surface area contributed by atoms with Gasteiger partial charge in [-0.15, -0.1) is 0 Å². The average Bonchev–Trinajstić information content (AvgIpc) is 2.72. The fourth-order valence-corrected chi connectivity index (χ4v) is 2.07. The third-order valence-corrected chi connectivity index (χ3v) is 2.87. The maximum Gasteiger partial charge on any atom is 0.333 e. The molecule has 0 amide bonds. The van der Waals surface area contributed by atoms with Crippen LogP contribution in [0.25, 0.3) is 10.9 Å². The summed E-state index contributed by atoms with van der Waals surface area (Å²) in [5.74, 6) is -1.36. The summed E-state index contributed by atoms with van der Waals surface area (Å²) in [7, 11) is 0. The first-order chi connectivity index (χ1) is 8.99. The molecule has 0 aliphatic rings. The summed E-state index contributed by atoms with van der Waals surface area (Å²) < 4.78 is 18.9. The second-order valence-corrected chi connectivity index (χ2v) is 4.69. The summed E-state index contributed by atoms with van der Waals surface area (Å²) in [6, 6.07) is 4.73. The molecule has 0 saturated heterocycles. The van der Waals surface area contributed by atoms with Gasteiger partial charge in [-0.05, 0) is 25.5 Å². The van der Waals surface area contributed by atoms with Crippen LogP contribution in [0.2, 0.25) is 0 Å². The Hall–Kier alpha value is -1.88. The summed E-state index contributed by atoms with van der Waals surface area (Å²) in [6.07, 6.45) is 0.731. The van der Waals surface area contributed by atoms with Gasteiger partial charge in [0.05, 0.1) is 11.6 Å². The summed E-state index contributed by atoms with van der Waals surface area (Å²) in [4.78, 5) is 14.0. The lowest BCUT2D eigenvalue weighted by Crippen LogP contribution is -2.29. The van der Waals surface area contributed by atoms with E-state index in [0.717, 1.165) is 5.56 Å². The molecule has 0 fully saturated rings. The van der Waals surface area contributed by atoms with Gasteiger partial charge in [-0.3, -0.25) is 0 Å². The van der Waals surface area contributed by atoms with Gasteiger partial charge < -0.3 is 14.8 Å². The molecule has 102 valence electrons. The lowest BCUT2D eigenvalue weighted by atomic mass is 10.1. The number of para-hydroxylation sites is 1. The van der Waals surface area contributed by atoms with E-state index < -0.39 is 12.1 Å². The van der Waals surface area contributed by atoms with Gasteiger partial charge in [-0.1, -0.05) is 12.1 Å². The van der Waals surface area contributed by atoms with Gasteiger partial charge in [0, 0.05) is 18.0 Å². The van der Waals surface area contributed by atoms with E-state index in [1.54, 1.807) is 32.2 Å². The highest BCUT2D eigenvalue weighted by Crippen LogP contribution is 2.22. The van der Waals surface area contributed by atoms with E-state index in [0.29, 0.717) is 10.9 Å². The molecule has 0 unspecified atom stereocenters. The van der Waals surface area contributed by atoms with Crippen LogP contribution >= 0.6 is 0 Å². The number of fused-ring (bicyclic) bond motifs is 1. The van der Waals surface area contributed by atoms with E-state index in [4.69, 9.17) is 9.84 Å². The van der Waals surface area contributed by atoms with Crippen LogP contribution in [0.5, 0.6) is 0 Å². The van der Waals surface area contributed by atoms with Crippen molar-refractivity contribution in [3.05, 3.63) is 35.8 Å². The first-order valence-electron chi connectivity index (χ1n) is 6.11. The Kier molecular flexibility index (Phi) is 3.85. The third-order valence-electron chi connectivity index (χ3n) is 2.87. The van der Waals surface area contributed by atoms with Crippen LogP contribution in [0.15, 0.2) is 24.4 Å². The normalized spacial score (nSPS) is 13.1. The molecule has 0 spiro atoms. The fourth-order valence-electron chi connectivity index (χ4n) is 2.07. The highest BCUT2D eigenvalue weighted by atomic mass is 19.1. The number of carbonyl (C=O) groups is 1. The van der Waals surface area contributed by atoms with Crippen molar-refractivity contribution in [1.29, 1.82) is 0 Å². The average molecular weight is 265 g/mol. The Bertz CT molecular complexity index is 591. The van der Waals surface area contributed by atoms with Crippen molar-refractivity contribution in [3.8, 4) is 0 Å². The second-order valence-electron chi connectivity index (χ2n) is 4.69. The molecular formula is C14H16FNO3. The number of rotatable bonds is 5. The number of carboxylic acids is 1. The van der Waals surface area contributed by atoms with E-state index in [1.807, 2.05) is 0 Å². The van der Waals surface area contributed by atoms with Crippen LogP contribution in [0.3, 0.4) is 0 Å². The van der Waals surface area contributed by atoms with Crippen LogP contribution in [0.1, 0.15) is 19.4 Å². The van der Waals surface area contributed by atoms with Crippen molar-refractivity contribution in [1.82, 2.24) is 4.98 Å². The number of H-pyrrole nitrogens is 1. The highest BCUT2D eigenvalue weighted by molar-refractivity contribution is 5.84. The molecule has 1 atom stereocenters. The minimum absolute atomic E-state index is 0.178. The lowest BCUT2D eigenvalue weighted by Gasteiger charge is -2.16. The van der Waals surface area contributed by atoms with Crippen molar-refractivity contribution in [2.45, 2.75) is 32.5 Å². The predicted octanol–water partition coefficient (Wildman–Crippen LogP) is 2.73. The number of hydrogen-bond acceptors (Lipinski definition) is 2. The van der Waals surface area contributed by atoms with Gasteiger partial charge in [-0.2, -0.15) is 0 Å². The van der Waals surface area contributed by atoms with E-state index in [-0.39, 0.29) is 18.3 Å². The topological polar surface area (TPSA) is 62.3 Å². The number of carboxylic acid groups (broad SMARTS) is 1. The Labute approximate surface area is 110 Å². The Morgan fingerprint density at radius 1 is 1.47 bits per heavy atom. The molecule has 1 aromatic carbocycles. The van der Waals surface area contributed by atoms with Crippen LogP contribution in [0, 0.1) is 5.82 Å². The summed E-state index contributed by atoms with van der Waals surface area (Å²) >= 11 is 0. The molecule has 1 aromatic heterocycles. The standard InChI is InChI=1S/C14H16FNO3/c1-8(2)19-12(14(17)18)6-9-7-16-13-10(9)4-3-5-11(13)15/h3-5,7-8,12,16H,6H2,1-2H3,(H,17,18)/t12-/m0/s1. The number of ether oxygens (including phenoxy) is 1. The van der Waals surface area contributed by atoms with Gasteiger partial charge in [0.2, 0.25) is 0 Å². The molecule has 0 aliphatic heterocycles. The molecule has 2 N–H and O–H groups in total. The Morgan fingerprint density at radius 3 is 2.84 bits per heavy atom. The van der Waals surface area contributed by atoms with Gasteiger partial charge >= 0.3 is 5.97 Å². The van der Waals surface area contributed by atoms with Crippen molar-refractivity contribution < 1.29 is 19.0 Å². The Balaban J connectivity index is 2.29. The predicted molar refractivity (Wildman–Crippen MR) is 69.6 cm³/mol. The van der Waals surface area contributed by atoms with E-state index >= 15 is 0 Å². The minimum atomic E-state index is -1.01. The summed E-state index contributed by atoms with van der Waals surface area (Å²) in [5.41, 5.74) is 1.13. The van der Waals surface area contributed by atoms with E-state index in [2.05, 4.69) is 4.98 Å². The molecule has 4 nitrogen and oxygen atoms in total. The summed E-state index contributed by atoms with van der Waals surface area (Å²) in [6.45, 7) is 3.57. The maximum atomic E-state index is 13.5. The number of aromatic nitrogens is 1. The molecule has 2 aromatic rings. The molecule has 5 heteroatoms. The smallest absolute Gasteiger partial charge is 0.333 e. The number of aromatic amines is 1. The molecular weight excluding hydrogens is 249 g/mol. The molecule has 0 radical (unpaired) electrons. The number of halogens is 1. The zero-order chi connectivity index (χ0) is 14.0.